The van der Waals surface area contributed by atoms with Gasteiger partial charge in [0.15, 0.2) is 11.6 Å². The maximum absolute atomic E-state index is 13.7. The highest BCUT2D eigenvalue weighted by atomic mass is 35.5. The van der Waals surface area contributed by atoms with Crippen LogP contribution in [0, 0.1) is 12.8 Å². The van der Waals surface area contributed by atoms with Crippen LogP contribution in [-0.4, -0.2) is 68.5 Å². The highest BCUT2D eigenvalue weighted by Crippen LogP contribution is 2.32. The number of anilines is 1. The van der Waals surface area contributed by atoms with Crippen LogP contribution in [0.4, 0.5) is 10.5 Å². The number of nitrogens with one attached hydrogen (secondary N) is 1. The van der Waals surface area contributed by atoms with E-state index in [2.05, 4.69) is 20.5 Å². The van der Waals surface area contributed by atoms with Gasteiger partial charge in [0.1, 0.15) is 17.9 Å². The van der Waals surface area contributed by atoms with Gasteiger partial charge in [-0.25, -0.2) is 14.5 Å². The molecule has 0 saturated heterocycles. The topological polar surface area (TPSA) is 133 Å². The van der Waals surface area contributed by atoms with Gasteiger partial charge >= 0.3 is 6.09 Å². The number of carbonyl (C=O) groups is 3. The summed E-state index contributed by atoms with van der Waals surface area (Å²) in [6.45, 7) is 5.78. The van der Waals surface area contributed by atoms with Gasteiger partial charge in [0, 0.05) is 37.3 Å². The molecule has 0 atom stereocenters. The smallest absolute Gasteiger partial charge is 0.410 e. The summed E-state index contributed by atoms with van der Waals surface area (Å²) < 4.78 is 12.9. The molecular formula is C27H30ClN7O5. The Labute approximate surface area is 235 Å². The lowest BCUT2D eigenvalue weighted by Gasteiger charge is -2.16. The Morgan fingerprint density at radius 2 is 1.93 bits per heavy atom. The van der Waals surface area contributed by atoms with Crippen LogP contribution < -0.4 is 10.1 Å². The van der Waals surface area contributed by atoms with Crippen LogP contribution in [0.2, 0.25) is 5.02 Å². The Morgan fingerprint density at radius 3 is 2.58 bits per heavy atom. The summed E-state index contributed by atoms with van der Waals surface area (Å²) in [7, 11) is 4.30. The molecule has 0 saturated carbocycles. The number of nitrogens with zero attached hydrogens (tertiary/aromatic N) is 6. The first-order valence-corrected chi connectivity index (χ1v) is 12.8. The van der Waals surface area contributed by atoms with Crippen molar-refractivity contribution in [3.8, 4) is 11.7 Å². The molecule has 0 spiro atoms. The summed E-state index contributed by atoms with van der Waals surface area (Å²) in [5, 5.41) is 12.8. The Morgan fingerprint density at radius 1 is 1.18 bits per heavy atom. The predicted molar refractivity (Wildman–Crippen MR) is 149 cm³/mol. The minimum atomic E-state index is -0.552. The van der Waals surface area contributed by atoms with Crippen LogP contribution in [0.3, 0.4) is 0 Å². The third kappa shape index (κ3) is 5.76. The second-order valence-corrected chi connectivity index (χ2v) is 10.0. The van der Waals surface area contributed by atoms with E-state index in [9.17, 15) is 14.4 Å². The van der Waals surface area contributed by atoms with Gasteiger partial charge in [-0.1, -0.05) is 25.4 Å². The summed E-state index contributed by atoms with van der Waals surface area (Å²) in [6.07, 6.45) is 2.99. The first-order valence-electron chi connectivity index (χ1n) is 12.4. The molecule has 13 heteroatoms. The highest BCUT2D eigenvalue weighted by Gasteiger charge is 2.26. The van der Waals surface area contributed by atoms with Gasteiger partial charge in [0.05, 0.1) is 30.5 Å². The van der Waals surface area contributed by atoms with Crippen molar-refractivity contribution in [3.05, 3.63) is 58.5 Å². The predicted octanol–water partition coefficient (Wildman–Crippen LogP) is 4.72. The highest BCUT2D eigenvalue weighted by molar-refractivity contribution is 6.32. The molecule has 3 aromatic heterocycles. The molecule has 0 unspecified atom stereocenters. The number of Topliss-reactive ketones (excluding diaryl/α,β-unsaturated/α-hetero) is 1. The molecule has 40 heavy (non-hydrogen) atoms. The molecule has 4 aromatic rings. The van der Waals surface area contributed by atoms with E-state index in [1.807, 2.05) is 19.9 Å². The van der Waals surface area contributed by atoms with Crippen LogP contribution >= 0.6 is 11.6 Å². The standard InChI is InChI=1S/C27H30ClN7O5/c1-15(2)10-20(36)22-23(16(3)11-17-13-34(32-24(17)22)14-33(4)27(38)40-6)30-26(37)19-12-21(39-5)31-35(19)25-18(28)8-7-9-29-25/h7-9,11-13,15H,10,14H2,1-6H3,(H,30,37). The first-order chi connectivity index (χ1) is 19.0. The minimum Gasteiger partial charge on any atom is -0.480 e. The van der Waals surface area contributed by atoms with Crippen molar-refractivity contribution in [2.24, 2.45) is 5.92 Å². The van der Waals surface area contributed by atoms with Crippen molar-refractivity contribution in [2.45, 2.75) is 33.9 Å². The maximum Gasteiger partial charge on any atom is 0.410 e. The fourth-order valence-corrected chi connectivity index (χ4v) is 4.46. The minimum absolute atomic E-state index is 0.0659. The normalized spacial score (nSPS) is 11.1. The molecule has 3 heterocycles. The molecule has 4 rings (SSSR count). The number of halogens is 1. The second-order valence-electron chi connectivity index (χ2n) is 9.63. The molecule has 1 N–H and O–H groups in total. The number of hydrogen-bond donors (Lipinski definition) is 1. The molecule has 0 aliphatic rings. The van der Waals surface area contributed by atoms with E-state index in [-0.39, 0.29) is 52.8 Å². The van der Waals surface area contributed by atoms with E-state index in [1.165, 1.54) is 36.1 Å². The molecule has 0 radical (unpaired) electrons. The van der Waals surface area contributed by atoms with E-state index < -0.39 is 12.0 Å². The van der Waals surface area contributed by atoms with Gasteiger partial charge in [-0.05, 0) is 36.6 Å². The Balaban J connectivity index is 1.81. The van der Waals surface area contributed by atoms with Crippen molar-refractivity contribution in [2.75, 3.05) is 26.6 Å². The number of ketones is 1. The van der Waals surface area contributed by atoms with E-state index in [4.69, 9.17) is 21.1 Å². The lowest BCUT2D eigenvalue weighted by molar-refractivity contribution is 0.0969. The van der Waals surface area contributed by atoms with Crippen LogP contribution in [0.5, 0.6) is 5.88 Å². The first kappa shape index (κ1) is 28.6. The maximum atomic E-state index is 13.7. The Hall–Kier alpha value is -4.45. The van der Waals surface area contributed by atoms with Crippen LogP contribution in [0.1, 0.15) is 46.7 Å². The number of aryl methyl sites for hydroxylation is 1. The fraction of sp³-hybridized carbons (Fsp3) is 0.333. The zero-order valence-corrected chi connectivity index (χ0v) is 23.8. The number of aromatic nitrogens is 5. The molecule has 2 amide bonds. The number of pyridine rings is 1. The number of amides is 2. The molecule has 0 fully saturated rings. The lowest BCUT2D eigenvalue weighted by atomic mass is 9.95. The Bertz CT molecular complexity index is 1590. The largest absolute Gasteiger partial charge is 0.480 e. The second kappa shape index (κ2) is 11.7. The number of hydrogen-bond acceptors (Lipinski definition) is 8. The van der Waals surface area contributed by atoms with Gasteiger partial charge in [-0.2, -0.15) is 5.10 Å². The molecular weight excluding hydrogens is 538 g/mol. The molecule has 12 nitrogen and oxygen atoms in total. The number of ether oxygens (including phenoxy) is 2. The van der Waals surface area contributed by atoms with Crippen molar-refractivity contribution in [3.63, 3.8) is 0 Å². The average molecular weight is 568 g/mol. The SMILES string of the molecule is COC(=O)N(C)Cn1cc2cc(C)c(NC(=O)c3cc(OC)nn3-c3ncccc3Cl)c(C(=O)CC(C)C)c2n1. The number of methoxy groups -OCH3 is 2. The number of carbonyl (C=O) groups excluding carboxylic acids is 3. The Kier molecular flexibility index (Phi) is 8.38. The fourth-order valence-electron chi connectivity index (χ4n) is 4.26. The van der Waals surface area contributed by atoms with E-state index >= 15 is 0 Å². The summed E-state index contributed by atoms with van der Waals surface area (Å²) in [5.41, 5.74) is 1.77. The van der Waals surface area contributed by atoms with Crippen molar-refractivity contribution in [1.29, 1.82) is 0 Å². The van der Waals surface area contributed by atoms with Crippen molar-refractivity contribution in [1.82, 2.24) is 29.4 Å². The van der Waals surface area contributed by atoms with Gasteiger partial charge in [0.2, 0.25) is 5.88 Å². The van der Waals surface area contributed by atoms with E-state index in [0.29, 0.717) is 22.2 Å². The van der Waals surface area contributed by atoms with Crippen LogP contribution in [0.25, 0.3) is 16.7 Å². The van der Waals surface area contributed by atoms with Gasteiger partial charge in [-0.15, -0.1) is 5.10 Å². The summed E-state index contributed by atoms with van der Waals surface area (Å²) in [6, 6.07) is 6.58. The van der Waals surface area contributed by atoms with Crippen molar-refractivity contribution < 1.29 is 23.9 Å². The quantitative estimate of drug-likeness (QED) is 0.287. The number of benzene rings is 1. The van der Waals surface area contributed by atoms with E-state index in [1.54, 1.807) is 37.0 Å². The average Bonchev–Trinajstić information content (AvgIpc) is 3.52. The molecule has 0 aliphatic heterocycles. The molecule has 1 aromatic carbocycles. The third-order valence-corrected chi connectivity index (χ3v) is 6.36. The molecule has 0 aliphatic carbocycles. The van der Waals surface area contributed by atoms with Crippen LogP contribution in [-0.2, 0) is 11.4 Å². The van der Waals surface area contributed by atoms with Crippen LogP contribution in [0.15, 0.2) is 36.7 Å². The van der Waals surface area contributed by atoms with Gasteiger partial charge in [0.25, 0.3) is 5.91 Å². The van der Waals surface area contributed by atoms with Gasteiger partial charge in [-0.3, -0.25) is 19.2 Å². The summed E-state index contributed by atoms with van der Waals surface area (Å²) >= 11 is 6.34. The third-order valence-electron chi connectivity index (χ3n) is 6.07. The summed E-state index contributed by atoms with van der Waals surface area (Å²) in [4.78, 5) is 44.8. The number of fused-ring (bicyclic) bond motifs is 1. The van der Waals surface area contributed by atoms with Crippen molar-refractivity contribution >= 4 is 46.0 Å². The molecule has 210 valence electrons. The monoisotopic (exact) mass is 567 g/mol. The summed E-state index contributed by atoms with van der Waals surface area (Å²) in [5.74, 6) is -0.234. The van der Waals surface area contributed by atoms with Gasteiger partial charge < -0.3 is 14.8 Å². The zero-order valence-electron chi connectivity index (χ0n) is 23.1. The number of rotatable bonds is 9. The molecule has 0 bridgehead atoms. The lowest BCUT2D eigenvalue weighted by Crippen LogP contribution is -2.29. The van der Waals surface area contributed by atoms with E-state index in [0.717, 1.165) is 0 Å². The zero-order chi connectivity index (χ0) is 29.1.